The normalized spacial score (nSPS) is 16.3. The molecule has 23 heavy (non-hydrogen) atoms. The number of carbonyl (C=O) groups is 1. The quantitative estimate of drug-likeness (QED) is 0.735. The van der Waals surface area contributed by atoms with Gasteiger partial charge in [0.1, 0.15) is 5.75 Å². The molecule has 1 N–H and O–H groups in total. The lowest BCUT2D eigenvalue weighted by Gasteiger charge is -2.32. The van der Waals surface area contributed by atoms with Crippen LogP contribution in [0.25, 0.3) is 0 Å². The van der Waals surface area contributed by atoms with Crippen LogP contribution in [0.1, 0.15) is 18.9 Å². The van der Waals surface area contributed by atoms with Gasteiger partial charge >= 0.3 is 0 Å². The van der Waals surface area contributed by atoms with Crippen LogP contribution in [0.15, 0.2) is 24.3 Å². The van der Waals surface area contributed by atoms with Gasteiger partial charge < -0.3 is 19.9 Å². The predicted octanol–water partition coefficient (Wildman–Crippen LogP) is 1.38. The number of nitrogens with one attached hydrogen (secondary N) is 1. The Labute approximate surface area is 139 Å². The standard InChI is InChI=1S/C18H29N3O2/c1-3-23-17-7-5-16(6-8-17)15-18(22)19-9-4-10-21-13-11-20(2)12-14-21/h5-8H,3-4,9-15H2,1-2H3,(H,19,22). The maximum Gasteiger partial charge on any atom is 0.224 e. The second-order valence-electron chi connectivity index (χ2n) is 6.10. The van der Waals surface area contributed by atoms with E-state index in [9.17, 15) is 4.79 Å². The van der Waals surface area contributed by atoms with Crippen molar-refractivity contribution in [3.63, 3.8) is 0 Å². The maximum absolute atomic E-state index is 12.0. The van der Waals surface area contributed by atoms with Gasteiger partial charge in [-0.25, -0.2) is 0 Å². The molecule has 0 radical (unpaired) electrons. The van der Waals surface area contributed by atoms with Crippen LogP contribution in [0.3, 0.4) is 0 Å². The highest BCUT2D eigenvalue weighted by atomic mass is 16.5. The van der Waals surface area contributed by atoms with Gasteiger partial charge in [0.15, 0.2) is 0 Å². The summed E-state index contributed by atoms with van der Waals surface area (Å²) in [5, 5.41) is 3.01. The minimum Gasteiger partial charge on any atom is -0.494 e. The molecule has 2 rings (SSSR count). The largest absolute Gasteiger partial charge is 0.494 e. The number of hydrogen-bond acceptors (Lipinski definition) is 4. The highest BCUT2D eigenvalue weighted by Gasteiger charge is 2.12. The van der Waals surface area contributed by atoms with Gasteiger partial charge in [0, 0.05) is 32.7 Å². The summed E-state index contributed by atoms with van der Waals surface area (Å²) in [5.41, 5.74) is 1.02. The summed E-state index contributed by atoms with van der Waals surface area (Å²) < 4.78 is 5.40. The summed E-state index contributed by atoms with van der Waals surface area (Å²) in [7, 11) is 2.17. The Morgan fingerprint density at radius 1 is 1.17 bits per heavy atom. The van der Waals surface area contributed by atoms with Crippen molar-refractivity contribution in [1.29, 1.82) is 0 Å². The summed E-state index contributed by atoms with van der Waals surface area (Å²) in [5.74, 6) is 0.941. The van der Waals surface area contributed by atoms with Crippen LogP contribution in [-0.2, 0) is 11.2 Å². The Morgan fingerprint density at radius 2 is 1.87 bits per heavy atom. The second kappa shape index (κ2) is 9.53. The molecule has 0 bridgehead atoms. The number of nitrogens with zero attached hydrogens (tertiary/aromatic N) is 2. The molecule has 1 aliphatic rings. The molecule has 1 aliphatic heterocycles. The first-order valence-electron chi connectivity index (χ1n) is 8.56. The summed E-state index contributed by atoms with van der Waals surface area (Å²) in [6, 6.07) is 7.74. The van der Waals surface area contributed by atoms with Crippen LogP contribution in [0.4, 0.5) is 0 Å². The van der Waals surface area contributed by atoms with Crippen molar-refractivity contribution in [2.45, 2.75) is 19.8 Å². The van der Waals surface area contributed by atoms with E-state index in [0.29, 0.717) is 13.0 Å². The number of piperazine rings is 1. The van der Waals surface area contributed by atoms with E-state index in [2.05, 4.69) is 22.2 Å². The third-order valence-corrected chi connectivity index (χ3v) is 4.17. The molecule has 1 aromatic rings. The average Bonchev–Trinajstić information content (AvgIpc) is 2.55. The van der Waals surface area contributed by atoms with E-state index >= 15 is 0 Å². The van der Waals surface area contributed by atoms with E-state index in [1.54, 1.807) is 0 Å². The Bertz CT molecular complexity index is 468. The van der Waals surface area contributed by atoms with Gasteiger partial charge in [0.2, 0.25) is 5.91 Å². The Balaban J connectivity index is 1.59. The van der Waals surface area contributed by atoms with Crippen LogP contribution < -0.4 is 10.1 Å². The van der Waals surface area contributed by atoms with E-state index in [1.807, 2.05) is 31.2 Å². The number of likely N-dealkylation sites (N-methyl/N-ethyl adjacent to an activating group) is 1. The van der Waals surface area contributed by atoms with Crippen LogP contribution in [0.2, 0.25) is 0 Å². The van der Waals surface area contributed by atoms with Gasteiger partial charge in [-0.05, 0) is 44.6 Å². The third kappa shape index (κ3) is 6.59. The van der Waals surface area contributed by atoms with Crippen LogP contribution in [0, 0.1) is 0 Å². The molecule has 0 aliphatic carbocycles. The topological polar surface area (TPSA) is 44.8 Å². The highest BCUT2D eigenvalue weighted by molar-refractivity contribution is 5.78. The summed E-state index contributed by atoms with van der Waals surface area (Å²) in [6.45, 7) is 9.00. The van der Waals surface area contributed by atoms with Crippen LogP contribution in [-0.4, -0.2) is 68.6 Å². The first-order chi connectivity index (χ1) is 11.2. The van der Waals surface area contributed by atoms with Gasteiger partial charge in [-0.15, -0.1) is 0 Å². The lowest BCUT2D eigenvalue weighted by molar-refractivity contribution is -0.120. The zero-order valence-corrected chi connectivity index (χ0v) is 14.4. The maximum atomic E-state index is 12.0. The molecule has 0 unspecified atom stereocenters. The second-order valence-corrected chi connectivity index (χ2v) is 6.10. The third-order valence-electron chi connectivity index (χ3n) is 4.17. The lowest BCUT2D eigenvalue weighted by Crippen LogP contribution is -2.45. The molecule has 1 fully saturated rings. The van der Waals surface area contributed by atoms with E-state index in [4.69, 9.17) is 4.74 Å². The van der Waals surface area contributed by atoms with Crippen LogP contribution in [0.5, 0.6) is 5.75 Å². The van der Waals surface area contributed by atoms with Crippen molar-refractivity contribution >= 4 is 5.91 Å². The van der Waals surface area contributed by atoms with Crippen molar-refractivity contribution in [1.82, 2.24) is 15.1 Å². The van der Waals surface area contributed by atoms with Crippen molar-refractivity contribution in [2.24, 2.45) is 0 Å². The number of ether oxygens (including phenoxy) is 1. The van der Waals surface area contributed by atoms with Gasteiger partial charge in [-0.2, -0.15) is 0 Å². The van der Waals surface area contributed by atoms with Gasteiger partial charge in [-0.3, -0.25) is 4.79 Å². The van der Waals surface area contributed by atoms with E-state index in [0.717, 1.165) is 57.0 Å². The first kappa shape index (κ1) is 17.8. The molecule has 0 spiro atoms. The highest BCUT2D eigenvalue weighted by Crippen LogP contribution is 2.12. The average molecular weight is 319 g/mol. The molecule has 1 aromatic carbocycles. The number of hydrogen-bond donors (Lipinski definition) is 1. The fourth-order valence-electron chi connectivity index (χ4n) is 2.72. The first-order valence-corrected chi connectivity index (χ1v) is 8.56. The molecule has 1 amide bonds. The molecule has 128 valence electrons. The Kier molecular flexibility index (Phi) is 7.36. The van der Waals surface area contributed by atoms with E-state index in [1.165, 1.54) is 0 Å². The Morgan fingerprint density at radius 3 is 2.52 bits per heavy atom. The summed E-state index contributed by atoms with van der Waals surface area (Å²) >= 11 is 0. The van der Waals surface area contributed by atoms with Crippen molar-refractivity contribution in [3.8, 4) is 5.75 Å². The van der Waals surface area contributed by atoms with Crippen molar-refractivity contribution < 1.29 is 9.53 Å². The molecule has 5 nitrogen and oxygen atoms in total. The van der Waals surface area contributed by atoms with E-state index in [-0.39, 0.29) is 5.91 Å². The predicted molar refractivity (Wildman–Crippen MR) is 92.9 cm³/mol. The Hall–Kier alpha value is -1.59. The van der Waals surface area contributed by atoms with E-state index < -0.39 is 0 Å². The van der Waals surface area contributed by atoms with Crippen LogP contribution >= 0.6 is 0 Å². The molecule has 1 saturated heterocycles. The SMILES string of the molecule is CCOc1ccc(CC(=O)NCCCN2CCN(C)CC2)cc1. The molecular weight excluding hydrogens is 290 g/mol. The molecule has 1 heterocycles. The van der Waals surface area contributed by atoms with Gasteiger partial charge in [0.25, 0.3) is 0 Å². The lowest BCUT2D eigenvalue weighted by atomic mass is 10.1. The fourth-order valence-corrected chi connectivity index (χ4v) is 2.72. The molecule has 5 heteroatoms. The molecule has 0 saturated carbocycles. The number of rotatable bonds is 8. The zero-order chi connectivity index (χ0) is 16.5. The molecule has 0 aromatic heterocycles. The molecule has 0 atom stereocenters. The van der Waals surface area contributed by atoms with Crippen molar-refractivity contribution in [2.75, 3.05) is 52.9 Å². The monoisotopic (exact) mass is 319 g/mol. The fraction of sp³-hybridized carbons (Fsp3) is 0.611. The number of amides is 1. The smallest absolute Gasteiger partial charge is 0.224 e. The minimum atomic E-state index is 0.0903. The molecular formula is C18H29N3O2. The minimum absolute atomic E-state index is 0.0903. The number of benzene rings is 1. The zero-order valence-electron chi connectivity index (χ0n) is 14.4. The number of carbonyl (C=O) groups excluding carboxylic acids is 1. The van der Waals surface area contributed by atoms with Gasteiger partial charge in [-0.1, -0.05) is 12.1 Å². The van der Waals surface area contributed by atoms with Gasteiger partial charge in [0.05, 0.1) is 13.0 Å². The van der Waals surface area contributed by atoms with Crippen molar-refractivity contribution in [3.05, 3.63) is 29.8 Å². The summed E-state index contributed by atoms with van der Waals surface area (Å²) in [4.78, 5) is 16.8. The summed E-state index contributed by atoms with van der Waals surface area (Å²) in [6.07, 6.45) is 1.44.